The van der Waals surface area contributed by atoms with Crippen molar-refractivity contribution in [1.82, 2.24) is 28.9 Å². The molecule has 1 aliphatic carbocycles. The zero-order chi connectivity index (χ0) is 92.3. The van der Waals surface area contributed by atoms with Crippen LogP contribution in [0.5, 0.6) is 0 Å². The summed E-state index contributed by atoms with van der Waals surface area (Å²) >= 11 is 0. The molecule has 0 bridgehead atoms. The first-order valence-corrected chi connectivity index (χ1v) is 54.3. The third kappa shape index (κ3) is 29.7. The average molecular weight is 1830 g/mol. The normalized spacial score (nSPS) is 26.1. The number of ether oxygens (including phenoxy) is 6. The van der Waals surface area contributed by atoms with Crippen LogP contribution in [0.25, 0.3) is 11.1 Å². The summed E-state index contributed by atoms with van der Waals surface area (Å²) in [4.78, 5) is 65.0. The molecule has 37 heteroatoms. The van der Waals surface area contributed by atoms with Crippen LogP contribution in [0, 0.1) is 23.7 Å². The Morgan fingerprint density at radius 2 is 0.913 bits per heavy atom. The van der Waals surface area contributed by atoms with Gasteiger partial charge in [0.05, 0.1) is 41.8 Å². The Morgan fingerprint density at radius 1 is 0.540 bits per heavy atom. The fourth-order valence-corrected chi connectivity index (χ4v) is 18.6. The topological polar surface area (TPSA) is 505 Å². The lowest BCUT2D eigenvalue weighted by atomic mass is 9.98. The molecule has 33 nitrogen and oxygen atoms in total. The minimum atomic E-state index is -1.32. The number of unbranched alkanes of at least 4 members (excludes halogenated alkanes) is 2. The molecule has 4 saturated heterocycles. The first-order valence-electron chi connectivity index (χ1n) is 42.0. The van der Waals surface area contributed by atoms with Crippen molar-refractivity contribution in [3.05, 3.63) is 144 Å². The molecule has 8 heterocycles. The molecule has 0 spiro atoms. The number of carboxylic acid groups (broad SMARTS) is 1. The molecule has 0 radical (unpaired) electrons. The number of carbonyl (C=O) groups is 3. The van der Waals surface area contributed by atoms with Crippen molar-refractivity contribution in [1.29, 1.82) is 0 Å². The second kappa shape index (κ2) is 47.0. The molecule has 126 heavy (non-hydrogen) atoms. The number of fused-ring (bicyclic) bond motifs is 3. The fourth-order valence-electron chi connectivity index (χ4n) is 14.8. The second-order valence-corrected chi connectivity index (χ2v) is 52.7. The van der Waals surface area contributed by atoms with Crippen molar-refractivity contribution in [2.45, 2.75) is 203 Å². The lowest BCUT2D eigenvalue weighted by Gasteiger charge is -2.32. The third-order valence-corrected chi connectivity index (χ3v) is 28.0. The number of anilines is 2. The van der Waals surface area contributed by atoms with Crippen LogP contribution in [-0.2, 0) is 38.0 Å². The van der Waals surface area contributed by atoms with E-state index in [-0.39, 0.29) is 55.6 Å². The zero-order valence-corrected chi connectivity index (χ0v) is 77.5. The number of rotatable bonds is 32. The van der Waals surface area contributed by atoms with E-state index in [2.05, 4.69) is 146 Å². The van der Waals surface area contributed by atoms with Crippen LogP contribution >= 0.6 is 27.5 Å². The number of aliphatic carboxylic acids is 1. The molecule has 6 aliphatic heterocycles. The molecule has 0 amide bonds. The number of carbonyl (C=O) groups excluding carboxylic acids is 2. The molecule has 11 rings (SSSR count). The maximum absolute atomic E-state index is 12.6. The van der Waals surface area contributed by atoms with E-state index in [1.807, 2.05) is 36.4 Å². The van der Waals surface area contributed by atoms with Crippen LogP contribution < -0.4 is 34.2 Å². The minimum Gasteiger partial charge on any atom is -0.481 e. The summed E-state index contributed by atoms with van der Waals surface area (Å²) in [6, 6.07) is 19.2. The summed E-state index contributed by atoms with van der Waals surface area (Å²) in [5, 5.41) is 102. The van der Waals surface area contributed by atoms with Gasteiger partial charge in [-0.25, -0.2) is 14.8 Å². The summed E-state index contributed by atoms with van der Waals surface area (Å²) in [5.41, 5.74) is 29.5. The van der Waals surface area contributed by atoms with Crippen molar-refractivity contribution >= 4 is 94.1 Å². The molecule has 0 saturated carbocycles. The number of nitrogens with two attached hydrogens (primary N) is 4. The minimum absolute atomic E-state index is 0. The van der Waals surface area contributed by atoms with Crippen LogP contribution in [0.3, 0.4) is 0 Å². The van der Waals surface area contributed by atoms with E-state index in [1.165, 1.54) is 0 Å². The zero-order valence-electron chi connectivity index (χ0n) is 73.9. The molecule has 698 valence electrons. The number of amidine groups is 2. The summed E-state index contributed by atoms with van der Waals surface area (Å²) in [5.74, 6) is 4.96. The van der Waals surface area contributed by atoms with Crippen LogP contribution in [-0.4, -0.2) is 325 Å². The Balaban J connectivity index is 0.000000241. The number of esters is 1. The number of hydrogen-bond donors (Lipinski definition) is 14. The first-order chi connectivity index (χ1) is 58.7. The van der Waals surface area contributed by atoms with Gasteiger partial charge in [-0.05, 0) is 171 Å². The predicted molar refractivity (Wildman–Crippen MR) is 507 cm³/mol. The Morgan fingerprint density at radius 3 is 1.30 bits per heavy atom. The van der Waals surface area contributed by atoms with Gasteiger partial charge in [-0.1, -0.05) is 102 Å². The Kier molecular flexibility index (Phi) is 39.1. The van der Waals surface area contributed by atoms with Gasteiger partial charge in [0.2, 0.25) is 11.2 Å². The smallest absolute Gasteiger partial charge is 0.481 e. The van der Waals surface area contributed by atoms with E-state index in [9.17, 15) is 55.2 Å². The van der Waals surface area contributed by atoms with Crippen LogP contribution in [0.2, 0.25) is 0 Å². The van der Waals surface area contributed by atoms with E-state index < -0.39 is 150 Å². The molecular formula is C89H138N14O19P4. The molecular weight excluding hydrogens is 1690 g/mol. The van der Waals surface area contributed by atoms with Crippen molar-refractivity contribution in [3.8, 4) is 23.0 Å². The standard InChI is InChI=1S/C35H45N4O7P.C20H35N4O5P.C17H26N3O3P.C16H28N3O4P.CH4/c1-22(33(42)46-35(43)44-21-27-25-14-7-5-12-23(25)24-13-6-8-15-26(24)27)11-9-10-18-37-34-38-29(36)16-19-39(34)32-31(41)30(40)28(45-32)17-20-47(2,3)4;1-13(19(27)28)7-5-6-10-22-20-23-15(21)8-11-24(20)18-17(26)16(25)14(29-18)9-12-30(2,3)4;1-6-7-12-10-20(11(2)19-16(12)18)17-15(22)14(21)13(23-17)8-9-24(3,4)5;1-10-18-15(17)11(5-7-20)9-19(10)16-14(22)13(21)12(23-16)6-8-24(2,3)4;/h5-8,12-16,19,22,27-28,30-32,40-41H,2,9-11,17-18,20-21H2,1,3-4H3,(H2,36,37,38);8,11,13-14,16-18,25-26H,2,5-7,9-10,12H2,1,3-4H3,(H,27,28)(H2,21,22,23);10,13-15,17,21-22H,2-3,8-9H2,1,4-5H3,(H2,18,19);9,12-14,16,20-22H,1-2,5-8H2,3-4H3,(H2,17,18);1H4/t22?,28-,30-,31-,32?;13?,14-,16-,17-,18?;13-,14-,15-,17?;12-,13-,14-,16?;/m1111./s1. The summed E-state index contributed by atoms with van der Waals surface area (Å²) in [7, 11) is 0. The van der Waals surface area contributed by atoms with Gasteiger partial charge in [0.1, 0.15) is 90.4 Å². The number of hydrogen-bond acceptors (Lipinski definition) is 30. The van der Waals surface area contributed by atoms with E-state index in [0.717, 1.165) is 53.3 Å². The monoisotopic (exact) mass is 1830 g/mol. The largest absolute Gasteiger partial charge is 0.516 e. The highest BCUT2D eigenvalue weighted by molar-refractivity contribution is 7.73. The van der Waals surface area contributed by atoms with Crippen molar-refractivity contribution < 1.29 is 93.9 Å². The number of aliphatic hydroxyl groups is 9. The van der Waals surface area contributed by atoms with Crippen LogP contribution in [0.15, 0.2) is 141 Å². The first kappa shape index (κ1) is 105. The van der Waals surface area contributed by atoms with E-state index in [0.29, 0.717) is 112 Å². The second-order valence-electron chi connectivity index (χ2n) is 35.4. The third-order valence-electron chi connectivity index (χ3n) is 22.1. The maximum atomic E-state index is 12.6. The molecule has 4 fully saturated rings. The highest BCUT2D eigenvalue weighted by atomic mass is 31.2. The maximum Gasteiger partial charge on any atom is 0.516 e. The quantitative estimate of drug-likeness (QED) is 0.00813. The van der Waals surface area contributed by atoms with Crippen molar-refractivity contribution in [2.24, 2.45) is 43.3 Å². The summed E-state index contributed by atoms with van der Waals surface area (Å²) in [6.07, 6.45) is 18.8. The number of aliphatic hydroxyl groups excluding tert-OH is 9. The highest BCUT2D eigenvalue weighted by Gasteiger charge is 2.49. The summed E-state index contributed by atoms with van der Waals surface area (Å²) < 4.78 is 37.4. The summed E-state index contributed by atoms with van der Waals surface area (Å²) in [6.45, 7) is 25.5. The van der Waals surface area contributed by atoms with Gasteiger partial charge in [0, 0.05) is 62.4 Å². The van der Waals surface area contributed by atoms with Gasteiger partial charge < -0.3 is 112 Å². The van der Waals surface area contributed by atoms with Gasteiger partial charge >= 0.3 is 18.1 Å². The Labute approximate surface area is 741 Å². The molecule has 7 aliphatic rings. The van der Waals surface area contributed by atoms with Gasteiger partial charge in [-0.15, -0.1) is 58.7 Å². The van der Waals surface area contributed by atoms with Crippen molar-refractivity contribution in [3.63, 3.8) is 0 Å². The molecule has 6 unspecified atom stereocenters. The lowest BCUT2D eigenvalue weighted by Crippen LogP contribution is -2.42. The number of nitrogen functional groups attached to an aromatic ring is 2. The van der Waals surface area contributed by atoms with Crippen molar-refractivity contribution in [2.75, 3.05) is 116 Å². The molecule has 18 N–H and O–H groups in total. The van der Waals surface area contributed by atoms with E-state index in [1.54, 1.807) is 76.6 Å². The van der Waals surface area contributed by atoms with Gasteiger partial charge in [0.15, 0.2) is 24.9 Å². The highest BCUT2D eigenvalue weighted by Crippen LogP contribution is 2.47. The number of benzene rings is 2. The molecule has 4 aromatic rings. The fraction of sp³-hybridized carbons (Fsp3) is 0.562. The van der Waals surface area contributed by atoms with E-state index in [4.69, 9.17) is 61.6 Å². The molecule has 2 aromatic carbocycles. The van der Waals surface area contributed by atoms with Crippen LogP contribution in [0.4, 0.5) is 16.4 Å². The number of aromatic nitrogens is 4. The van der Waals surface area contributed by atoms with Gasteiger partial charge in [0.25, 0.3) is 0 Å². The Bertz CT molecular complexity index is 4940. The van der Waals surface area contributed by atoms with E-state index >= 15 is 0 Å². The molecule has 2 aromatic heterocycles. The van der Waals surface area contributed by atoms with Crippen LogP contribution in [0.1, 0.15) is 128 Å². The average Bonchev–Trinajstić information content (AvgIpc) is 1.62. The number of nitrogens with zero attached hydrogens (tertiary/aromatic N) is 10. The van der Waals surface area contributed by atoms with Gasteiger partial charge in [-0.2, -0.15) is 9.97 Å². The number of aliphatic imine (C=N–C) groups is 2. The Hall–Kier alpha value is -8.05. The lowest BCUT2D eigenvalue weighted by molar-refractivity contribution is -0.144. The van der Waals surface area contributed by atoms with Gasteiger partial charge in [-0.3, -0.25) is 28.7 Å². The SMILES string of the molecule is C.C=C1N=C(N)C(C#CC)=CN1C1O[C@H](CCP(=C)(C)C)[C@@H](O)[C@H]1O.C=C1N=C(N)C(CCO)=CN1C1O[C@H](CCP(=C)(C)C)[C@@H](O)[C@H]1O.C=P(C)(C)CC[C@H]1OC(n2ccc(N)nc2=NCCCCC(C)C(=O)O)[C@H](O)[C@@H]1O.C=P(C)(C)CC[C@H]1OC(n2ccc(N)nc2=NCCCCC(C)C(=O)OC(=O)OCC2c3ccccc3-c3ccccc32)[C@H](O)[C@@H]1O. The number of carboxylic acids is 1. The molecule has 18 atom stereocenters. The predicted octanol–water partition coefficient (Wildman–Crippen LogP) is 6.52.